The minimum atomic E-state index is 0. The number of nitrogens with zero attached hydrogens (tertiary/aromatic N) is 1. The quantitative estimate of drug-likeness (QED) is 0.462. The van der Waals surface area contributed by atoms with Crippen LogP contribution in [0.4, 0.5) is 0 Å². The Kier molecular flexibility index (Phi) is 9.97. The first-order chi connectivity index (χ1) is 3.79. The molecule has 44 valence electrons. The molecule has 0 aromatic carbocycles. The van der Waals surface area contributed by atoms with E-state index in [2.05, 4.69) is 39.4 Å². The maximum atomic E-state index is 4.68. The Morgan fingerprint density at radius 1 is 1.30 bits per heavy atom. The fraction of sp³-hybridized carbons (Fsp3) is 0. The van der Waals surface area contributed by atoms with Crippen LogP contribution in [0.5, 0.6) is 0 Å². The summed E-state index contributed by atoms with van der Waals surface area (Å²) in [5.74, 6) is 0. The van der Waals surface area contributed by atoms with Gasteiger partial charge in [0.15, 0.2) is 9.54 Å². The first kappa shape index (κ1) is 14.0. The molecule has 0 saturated carbocycles. The van der Waals surface area contributed by atoms with Crippen LogP contribution in [0.25, 0.3) is 0 Å². The van der Waals surface area contributed by atoms with E-state index in [0.717, 1.165) is 0 Å². The third kappa shape index (κ3) is 5.15. The standard InChI is InChI=1S/C3H3N3S2.2Na/c7-2-4-1-5-3(8)6-2;;/h1H,(H2,4,5,6,7,8);;. The molecule has 1 aromatic heterocycles. The summed E-state index contributed by atoms with van der Waals surface area (Å²) in [4.78, 5) is 8.96. The molecule has 1 heterocycles. The Morgan fingerprint density at radius 2 is 1.90 bits per heavy atom. The minimum absolute atomic E-state index is 0. The Balaban J connectivity index is 0. The molecule has 0 unspecified atom stereocenters. The van der Waals surface area contributed by atoms with Crippen LogP contribution >= 0.6 is 24.4 Å². The molecule has 0 aliphatic carbocycles. The topological polar surface area (TPSA) is 44.5 Å². The molecule has 1 rings (SSSR count). The molecule has 0 bridgehead atoms. The number of H-pyrrole nitrogens is 2. The van der Waals surface area contributed by atoms with Crippen molar-refractivity contribution in [2.24, 2.45) is 0 Å². The van der Waals surface area contributed by atoms with Crippen molar-refractivity contribution in [3.63, 3.8) is 0 Å². The van der Waals surface area contributed by atoms with Crippen molar-refractivity contribution in [3.05, 3.63) is 15.9 Å². The van der Waals surface area contributed by atoms with E-state index in [1.807, 2.05) is 0 Å². The summed E-state index contributed by atoms with van der Waals surface area (Å²) >= 11 is 9.33. The predicted octanol–water partition coefficient (Wildman–Crippen LogP) is 0.435. The third-order valence-corrected chi connectivity index (χ3v) is 1.03. The van der Waals surface area contributed by atoms with Gasteiger partial charge in [0.25, 0.3) is 0 Å². The normalized spacial score (nSPS) is 7.20. The summed E-state index contributed by atoms with van der Waals surface area (Å²) in [5.41, 5.74) is 0. The summed E-state index contributed by atoms with van der Waals surface area (Å²) < 4.78 is 0.916. The van der Waals surface area contributed by atoms with Crippen LogP contribution in [0.2, 0.25) is 0 Å². The Labute approximate surface area is 113 Å². The summed E-state index contributed by atoms with van der Waals surface area (Å²) in [6.07, 6.45) is 1.46. The van der Waals surface area contributed by atoms with Gasteiger partial charge >= 0.3 is 0 Å². The van der Waals surface area contributed by atoms with Crippen molar-refractivity contribution in [2.75, 3.05) is 0 Å². The van der Waals surface area contributed by atoms with Crippen molar-refractivity contribution in [3.8, 4) is 0 Å². The Hall–Kier alpha value is 1.45. The maximum Gasteiger partial charge on any atom is 0.200 e. The first-order valence-electron chi connectivity index (χ1n) is 1.93. The molecule has 0 aliphatic rings. The maximum absolute atomic E-state index is 4.68. The molecule has 0 fully saturated rings. The number of rotatable bonds is 0. The largest absolute Gasteiger partial charge is 0.323 e. The van der Waals surface area contributed by atoms with Crippen LogP contribution in [0.1, 0.15) is 0 Å². The fourth-order valence-corrected chi connectivity index (χ4v) is 0.684. The molecule has 10 heavy (non-hydrogen) atoms. The summed E-state index contributed by atoms with van der Waals surface area (Å²) in [6, 6.07) is 0. The minimum Gasteiger partial charge on any atom is -0.323 e. The zero-order valence-corrected chi connectivity index (χ0v) is 11.5. The van der Waals surface area contributed by atoms with E-state index in [1.54, 1.807) is 0 Å². The second-order valence-corrected chi connectivity index (χ2v) is 1.96. The molecule has 1 aromatic rings. The van der Waals surface area contributed by atoms with Crippen LogP contribution in [0.15, 0.2) is 6.33 Å². The number of hydrogen-bond donors (Lipinski definition) is 2. The van der Waals surface area contributed by atoms with Gasteiger partial charge in [-0.05, 0) is 24.4 Å². The van der Waals surface area contributed by atoms with E-state index < -0.39 is 0 Å². The number of aromatic nitrogens is 3. The third-order valence-electron chi connectivity index (χ3n) is 0.598. The van der Waals surface area contributed by atoms with Gasteiger partial charge in [-0.1, -0.05) is 0 Å². The monoisotopic (exact) mass is 191 g/mol. The van der Waals surface area contributed by atoms with Crippen molar-refractivity contribution in [1.29, 1.82) is 0 Å². The molecular weight excluding hydrogens is 188 g/mol. The number of nitrogens with one attached hydrogen (secondary N) is 2. The van der Waals surface area contributed by atoms with Gasteiger partial charge in [0, 0.05) is 59.1 Å². The van der Waals surface area contributed by atoms with E-state index >= 15 is 0 Å². The van der Waals surface area contributed by atoms with Crippen molar-refractivity contribution >= 4 is 83.6 Å². The van der Waals surface area contributed by atoms with Gasteiger partial charge in [-0.3, -0.25) is 0 Å². The zero-order valence-electron chi connectivity index (χ0n) is 5.84. The SMILES string of the molecule is S=c1nc[nH]c(=S)[nH]1.[Na].[Na]. The fourth-order valence-electron chi connectivity index (χ4n) is 0.315. The summed E-state index contributed by atoms with van der Waals surface area (Å²) in [6.45, 7) is 0. The van der Waals surface area contributed by atoms with Gasteiger partial charge in [-0.25, -0.2) is 4.98 Å². The summed E-state index contributed by atoms with van der Waals surface area (Å²) in [5, 5.41) is 0. The van der Waals surface area contributed by atoms with Crippen molar-refractivity contribution in [2.45, 2.75) is 0 Å². The van der Waals surface area contributed by atoms with Gasteiger partial charge < -0.3 is 9.97 Å². The summed E-state index contributed by atoms with van der Waals surface area (Å²) in [7, 11) is 0. The molecule has 0 saturated heterocycles. The molecule has 7 heteroatoms. The van der Waals surface area contributed by atoms with Gasteiger partial charge in [-0.15, -0.1) is 0 Å². The number of aromatic amines is 2. The van der Waals surface area contributed by atoms with Crippen LogP contribution in [-0.4, -0.2) is 74.1 Å². The molecule has 3 nitrogen and oxygen atoms in total. The molecule has 2 N–H and O–H groups in total. The second kappa shape index (κ2) is 7.12. The second-order valence-electron chi connectivity index (χ2n) is 1.16. The van der Waals surface area contributed by atoms with Crippen LogP contribution in [0.3, 0.4) is 0 Å². The van der Waals surface area contributed by atoms with E-state index in [4.69, 9.17) is 0 Å². The molecule has 0 amide bonds. The van der Waals surface area contributed by atoms with Gasteiger partial charge in [0.1, 0.15) is 0 Å². The smallest absolute Gasteiger partial charge is 0.200 e. The zero-order chi connectivity index (χ0) is 5.98. The van der Waals surface area contributed by atoms with Crippen LogP contribution in [0, 0.1) is 9.54 Å². The molecule has 2 radical (unpaired) electrons. The Bertz CT molecular complexity index is 254. The van der Waals surface area contributed by atoms with Crippen LogP contribution < -0.4 is 0 Å². The molecule has 0 spiro atoms. The Morgan fingerprint density at radius 3 is 2.20 bits per heavy atom. The average molecular weight is 191 g/mol. The van der Waals surface area contributed by atoms with Crippen LogP contribution in [-0.2, 0) is 0 Å². The molecular formula is C3H3N3Na2S2. The van der Waals surface area contributed by atoms with Crippen molar-refractivity contribution in [1.82, 2.24) is 15.0 Å². The van der Waals surface area contributed by atoms with Gasteiger partial charge in [0.2, 0.25) is 0 Å². The van der Waals surface area contributed by atoms with Gasteiger partial charge in [0.05, 0.1) is 6.33 Å². The van der Waals surface area contributed by atoms with Gasteiger partial charge in [-0.2, -0.15) is 0 Å². The molecule has 0 aliphatic heterocycles. The van der Waals surface area contributed by atoms with E-state index in [-0.39, 0.29) is 59.1 Å². The van der Waals surface area contributed by atoms with E-state index in [0.29, 0.717) is 9.54 Å². The van der Waals surface area contributed by atoms with E-state index in [9.17, 15) is 0 Å². The predicted molar refractivity (Wildman–Crippen MR) is 46.1 cm³/mol. The first-order valence-corrected chi connectivity index (χ1v) is 2.75. The molecule has 0 atom stereocenters. The van der Waals surface area contributed by atoms with Crippen molar-refractivity contribution < 1.29 is 0 Å². The number of hydrogen-bond acceptors (Lipinski definition) is 3. The average Bonchev–Trinajstić information content (AvgIpc) is 1.64. The van der Waals surface area contributed by atoms with E-state index in [1.165, 1.54) is 6.33 Å².